The van der Waals surface area contributed by atoms with Crippen LogP contribution < -0.4 is 5.32 Å². The lowest BCUT2D eigenvalue weighted by atomic mass is 10.2. The van der Waals surface area contributed by atoms with Gasteiger partial charge >= 0.3 is 0 Å². The van der Waals surface area contributed by atoms with Gasteiger partial charge in [-0.1, -0.05) is 18.2 Å². The van der Waals surface area contributed by atoms with Gasteiger partial charge < -0.3 is 10.1 Å². The first-order valence-electron chi connectivity index (χ1n) is 6.31. The average Bonchev–Trinajstić information content (AvgIpc) is 2.35. The Bertz CT molecular complexity index is 304. The summed E-state index contributed by atoms with van der Waals surface area (Å²) >= 11 is 1.92. The summed E-state index contributed by atoms with van der Waals surface area (Å²) in [7, 11) is 0. The van der Waals surface area contributed by atoms with Crippen molar-refractivity contribution in [1.82, 2.24) is 5.32 Å². The van der Waals surface area contributed by atoms with Crippen molar-refractivity contribution >= 4 is 11.8 Å². The summed E-state index contributed by atoms with van der Waals surface area (Å²) in [5, 5.41) is 3.43. The van der Waals surface area contributed by atoms with E-state index in [2.05, 4.69) is 36.5 Å². The van der Waals surface area contributed by atoms with Crippen molar-refractivity contribution in [1.29, 1.82) is 0 Å². The summed E-state index contributed by atoms with van der Waals surface area (Å²) in [4.78, 5) is 1.39. The van der Waals surface area contributed by atoms with Crippen LogP contribution in [0.5, 0.6) is 0 Å². The molecular weight excluding hydrogens is 230 g/mol. The molecule has 2 nitrogen and oxygen atoms in total. The highest BCUT2D eigenvalue weighted by atomic mass is 32.2. The van der Waals surface area contributed by atoms with E-state index in [9.17, 15) is 0 Å². The summed E-state index contributed by atoms with van der Waals surface area (Å²) in [5.41, 5.74) is 1.37. The molecule has 0 fully saturated rings. The second-order valence-electron chi connectivity index (χ2n) is 3.91. The van der Waals surface area contributed by atoms with Crippen LogP contribution in [0.1, 0.15) is 18.9 Å². The first kappa shape index (κ1) is 14.6. The molecule has 0 saturated carbocycles. The Hall–Kier alpha value is -0.510. The van der Waals surface area contributed by atoms with Crippen LogP contribution in [0.2, 0.25) is 0 Å². The molecule has 0 saturated heterocycles. The van der Waals surface area contributed by atoms with Crippen molar-refractivity contribution in [2.24, 2.45) is 0 Å². The van der Waals surface area contributed by atoms with E-state index in [-0.39, 0.29) is 0 Å². The van der Waals surface area contributed by atoms with Crippen molar-refractivity contribution < 1.29 is 4.74 Å². The highest BCUT2D eigenvalue weighted by Crippen LogP contribution is 2.20. The van der Waals surface area contributed by atoms with Gasteiger partial charge in [-0.15, -0.1) is 11.8 Å². The SMILES string of the molecule is CCOCCCNCCSc1ccccc1C. The normalized spacial score (nSPS) is 10.7. The maximum absolute atomic E-state index is 5.28. The van der Waals surface area contributed by atoms with Gasteiger partial charge in [-0.2, -0.15) is 0 Å². The van der Waals surface area contributed by atoms with Gasteiger partial charge in [0.25, 0.3) is 0 Å². The minimum Gasteiger partial charge on any atom is -0.382 e. The molecule has 17 heavy (non-hydrogen) atoms. The van der Waals surface area contributed by atoms with E-state index < -0.39 is 0 Å². The van der Waals surface area contributed by atoms with Crippen LogP contribution in [0.25, 0.3) is 0 Å². The Morgan fingerprint density at radius 3 is 2.82 bits per heavy atom. The van der Waals surface area contributed by atoms with Crippen LogP contribution >= 0.6 is 11.8 Å². The van der Waals surface area contributed by atoms with Gasteiger partial charge in [0.2, 0.25) is 0 Å². The molecule has 1 N–H and O–H groups in total. The molecular formula is C14H23NOS. The lowest BCUT2D eigenvalue weighted by Crippen LogP contribution is -2.19. The lowest BCUT2D eigenvalue weighted by molar-refractivity contribution is 0.145. The zero-order chi connectivity index (χ0) is 12.3. The maximum Gasteiger partial charge on any atom is 0.0477 e. The van der Waals surface area contributed by atoms with Gasteiger partial charge in [-0.3, -0.25) is 0 Å². The fourth-order valence-corrected chi connectivity index (χ4v) is 2.46. The standard InChI is InChI=1S/C14H23NOS/c1-3-16-11-6-9-15-10-12-17-14-8-5-4-7-13(14)2/h4-5,7-8,15H,3,6,9-12H2,1-2H3. The summed E-state index contributed by atoms with van der Waals surface area (Å²) in [6.07, 6.45) is 1.10. The Morgan fingerprint density at radius 1 is 1.24 bits per heavy atom. The second kappa shape index (κ2) is 9.51. The average molecular weight is 253 g/mol. The van der Waals surface area contributed by atoms with Crippen LogP contribution in [0.15, 0.2) is 29.2 Å². The largest absolute Gasteiger partial charge is 0.382 e. The zero-order valence-corrected chi connectivity index (χ0v) is 11.7. The first-order valence-corrected chi connectivity index (χ1v) is 7.30. The van der Waals surface area contributed by atoms with E-state index in [1.807, 2.05) is 18.7 Å². The highest BCUT2D eigenvalue weighted by Gasteiger charge is 1.96. The zero-order valence-electron chi connectivity index (χ0n) is 10.9. The van der Waals surface area contributed by atoms with Crippen molar-refractivity contribution in [2.45, 2.75) is 25.2 Å². The molecule has 1 rings (SSSR count). The van der Waals surface area contributed by atoms with E-state index in [4.69, 9.17) is 4.74 Å². The predicted octanol–water partition coefficient (Wildman–Crippen LogP) is 3.10. The third-order valence-corrected chi connectivity index (χ3v) is 3.65. The Kier molecular flexibility index (Phi) is 8.14. The number of hydrogen-bond acceptors (Lipinski definition) is 3. The molecule has 0 heterocycles. The van der Waals surface area contributed by atoms with Crippen molar-refractivity contribution in [2.75, 3.05) is 32.1 Å². The summed E-state index contributed by atoms with van der Waals surface area (Å²) in [5.74, 6) is 1.12. The summed E-state index contributed by atoms with van der Waals surface area (Å²) in [6.45, 7) is 8.00. The topological polar surface area (TPSA) is 21.3 Å². The summed E-state index contributed by atoms with van der Waals surface area (Å²) in [6, 6.07) is 8.54. The number of ether oxygens (including phenoxy) is 1. The Balaban J connectivity index is 1.99. The first-order chi connectivity index (χ1) is 8.34. The molecule has 1 aromatic carbocycles. The predicted molar refractivity (Wildman–Crippen MR) is 75.9 cm³/mol. The van der Waals surface area contributed by atoms with Gasteiger partial charge in [0.05, 0.1) is 0 Å². The van der Waals surface area contributed by atoms with Crippen LogP contribution in [0.4, 0.5) is 0 Å². The molecule has 3 heteroatoms. The van der Waals surface area contributed by atoms with Crippen LogP contribution in [-0.4, -0.2) is 32.1 Å². The van der Waals surface area contributed by atoms with E-state index in [1.54, 1.807) is 0 Å². The number of rotatable bonds is 9. The molecule has 0 aliphatic heterocycles. The minimum atomic E-state index is 0.823. The maximum atomic E-state index is 5.28. The third kappa shape index (κ3) is 6.71. The lowest BCUT2D eigenvalue weighted by Gasteiger charge is -2.06. The Morgan fingerprint density at radius 2 is 2.06 bits per heavy atom. The number of thioether (sulfide) groups is 1. The fourth-order valence-electron chi connectivity index (χ4n) is 1.52. The van der Waals surface area contributed by atoms with Crippen molar-refractivity contribution in [3.63, 3.8) is 0 Å². The monoisotopic (exact) mass is 253 g/mol. The van der Waals surface area contributed by atoms with Gasteiger partial charge in [-0.25, -0.2) is 0 Å². The van der Waals surface area contributed by atoms with Crippen molar-refractivity contribution in [3.05, 3.63) is 29.8 Å². The smallest absolute Gasteiger partial charge is 0.0477 e. The molecule has 0 radical (unpaired) electrons. The van der Waals surface area contributed by atoms with Crippen LogP contribution in [-0.2, 0) is 4.74 Å². The molecule has 0 atom stereocenters. The minimum absolute atomic E-state index is 0.823. The van der Waals surface area contributed by atoms with E-state index in [0.29, 0.717) is 0 Å². The highest BCUT2D eigenvalue weighted by molar-refractivity contribution is 7.99. The van der Waals surface area contributed by atoms with E-state index in [0.717, 1.165) is 38.5 Å². The molecule has 1 aromatic rings. The molecule has 0 aliphatic carbocycles. The molecule has 0 unspecified atom stereocenters. The second-order valence-corrected chi connectivity index (χ2v) is 5.05. The Labute approximate surface area is 109 Å². The van der Waals surface area contributed by atoms with Crippen molar-refractivity contribution in [3.8, 4) is 0 Å². The number of hydrogen-bond donors (Lipinski definition) is 1. The quantitative estimate of drug-likeness (QED) is 0.540. The van der Waals surface area contributed by atoms with E-state index >= 15 is 0 Å². The van der Waals surface area contributed by atoms with E-state index in [1.165, 1.54) is 10.5 Å². The molecule has 96 valence electrons. The van der Waals surface area contributed by atoms with Gasteiger partial charge in [0.1, 0.15) is 0 Å². The third-order valence-electron chi connectivity index (χ3n) is 2.48. The molecule has 0 bridgehead atoms. The number of nitrogens with one attached hydrogen (secondary N) is 1. The molecule has 0 aromatic heterocycles. The fraction of sp³-hybridized carbons (Fsp3) is 0.571. The summed E-state index contributed by atoms with van der Waals surface area (Å²) < 4.78 is 5.28. The molecule has 0 amide bonds. The van der Waals surface area contributed by atoms with Gasteiger partial charge in [-0.05, 0) is 38.4 Å². The number of benzene rings is 1. The van der Waals surface area contributed by atoms with Gasteiger partial charge in [0.15, 0.2) is 0 Å². The van der Waals surface area contributed by atoms with Gasteiger partial charge in [0, 0.05) is 30.4 Å². The van der Waals surface area contributed by atoms with Crippen LogP contribution in [0, 0.1) is 6.92 Å². The molecule has 0 aliphatic rings. The molecule has 0 spiro atoms. The van der Waals surface area contributed by atoms with Crippen LogP contribution in [0.3, 0.4) is 0 Å². The number of aryl methyl sites for hydroxylation is 1.